The third-order valence-corrected chi connectivity index (χ3v) is 7.15. The molecule has 2 aromatic heterocycles. The number of fused-ring (bicyclic) bond motifs is 3. The molecule has 2 atom stereocenters. The van der Waals surface area contributed by atoms with E-state index in [0.717, 1.165) is 42.7 Å². The first-order valence-electron chi connectivity index (χ1n) is 11.4. The van der Waals surface area contributed by atoms with Gasteiger partial charge in [-0.2, -0.15) is 0 Å². The van der Waals surface area contributed by atoms with Gasteiger partial charge in [-0.1, -0.05) is 36.4 Å². The summed E-state index contributed by atoms with van der Waals surface area (Å²) in [5, 5.41) is 6.07. The van der Waals surface area contributed by atoms with Crippen LogP contribution in [0.5, 0.6) is 0 Å². The molecule has 1 saturated heterocycles. The van der Waals surface area contributed by atoms with Gasteiger partial charge in [-0.15, -0.1) is 0 Å². The number of aromatic nitrogens is 2. The Balaban J connectivity index is 1.14. The van der Waals surface area contributed by atoms with E-state index in [1.807, 2.05) is 24.3 Å². The molecule has 1 aromatic carbocycles. The van der Waals surface area contributed by atoms with Crippen molar-refractivity contribution >= 4 is 17.6 Å². The summed E-state index contributed by atoms with van der Waals surface area (Å²) in [6, 6.07) is 16.2. The Hall–Kier alpha value is -3.58. The van der Waals surface area contributed by atoms with E-state index in [4.69, 9.17) is 0 Å². The number of carbonyl (C=O) groups is 2. The minimum atomic E-state index is -0.647. The van der Waals surface area contributed by atoms with Crippen molar-refractivity contribution < 1.29 is 9.59 Å². The van der Waals surface area contributed by atoms with Crippen molar-refractivity contribution in [3.05, 3.63) is 88.9 Å². The number of nitrogens with zero attached hydrogens (tertiary/aromatic N) is 3. The van der Waals surface area contributed by atoms with Crippen LogP contribution in [0.3, 0.4) is 0 Å². The molecule has 0 bridgehead atoms. The second-order valence-corrected chi connectivity index (χ2v) is 9.31. The second kappa shape index (κ2) is 7.78. The molecule has 3 aliphatic rings. The zero-order valence-electron chi connectivity index (χ0n) is 18.3. The molecular formula is C26H25N5O2. The lowest BCUT2D eigenvalue weighted by atomic mass is 9.79. The highest BCUT2D eigenvalue weighted by Crippen LogP contribution is 2.46. The third-order valence-electron chi connectivity index (χ3n) is 7.15. The normalized spacial score (nSPS) is 23.4. The van der Waals surface area contributed by atoms with Gasteiger partial charge in [0.05, 0.1) is 5.41 Å². The minimum Gasteiger partial charge on any atom is -0.347 e. The van der Waals surface area contributed by atoms with E-state index in [1.165, 1.54) is 5.56 Å². The zero-order chi connectivity index (χ0) is 22.4. The fraction of sp³-hybridized carbons (Fsp3) is 0.308. The number of benzene rings is 1. The molecule has 6 rings (SSSR count). The number of pyridine rings is 2. The molecule has 2 amide bonds. The lowest BCUT2D eigenvalue weighted by molar-refractivity contribution is -0.120. The molecule has 7 nitrogen and oxygen atoms in total. The molecule has 0 radical (unpaired) electrons. The summed E-state index contributed by atoms with van der Waals surface area (Å²) in [7, 11) is 0. The van der Waals surface area contributed by atoms with E-state index in [1.54, 1.807) is 12.4 Å². The predicted octanol–water partition coefficient (Wildman–Crippen LogP) is 2.47. The SMILES string of the molecule is O=C(N[C@H]1CCN(Cc2ccccc2)C1)c1cc2c(cn1)CC1(C2)C(=O)Nc2ncccc21. The fourth-order valence-electron chi connectivity index (χ4n) is 5.47. The molecule has 3 aromatic rings. The minimum absolute atomic E-state index is 0.0251. The van der Waals surface area contributed by atoms with E-state index in [-0.39, 0.29) is 17.9 Å². The third kappa shape index (κ3) is 3.49. The zero-order valence-corrected chi connectivity index (χ0v) is 18.3. The topological polar surface area (TPSA) is 87.2 Å². The lowest BCUT2D eigenvalue weighted by Crippen LogP contribution is -2.37. The van der Waals surface area contributed by atoms with Crippen LogP contribution >= 0.6 is 0 Å². The number of likely N-dealkylation sites (tertiary alicyclic amines) is 1. The number of hydrogen-bond donors (Lipinski definition) is 2. The van der Waals surface area contributed by atoms with Gasteiger partial charge in [0.1, 0.15) is 11.5 Å². The molecule has 33 heavy (non-hydrogen) atoms. The van der Waals surface area contributed by atoms with Crippen LogP contribution in [0, 0.1) is 0 Å². The Bertz CT molecular complexity index is 1240. The monoisotopic (exact) mass is 439 g/mol. The van der Waals surface area contributed by atoms with Crippen molar-refractivity contribution in [2.75, 3.05) is 18.4 Å². The molecule has 1 fully saturated rings. The van der Waals surface area contributed by atoms with Gasteiger partial charge in [0.2, 0.25) is 5.91 Å². The van der Waals surface area contributed by atoms with Crippen LogP contribution in [0.2, 0.25) is 0 Å². The maximum Gasteiger partial charge on any atom is 0.270 e. The number of nitrogens with one attached hydrogen (secondary N) is 2. The van der Waals surface area contributed by atoms with Gasteiger partial charge in [-0.05, 0) is 48.1 Å². The van der Waals surface area contributed by atoms with Gasteiger partial charge in [-0.25, -0.2) is 4.98 Å². The van der Waals surface area contributed by atoms with Gasteiger partial charge in [0.25, 0.3) is 5.91 Å². The summed E-state index contributed by atoms with van der Waals surface area (Å²) in [5.41, 5.74) is 4.02. The summed E-state index contributed by atoms with van der Waals surface area (Å²) in [6.07, 6.45) is 5.52. The average Bonchev–Trinajstić information content (AvgIpc) is 3.51. The molecule has 0 saturated carbocycles. The summed E-state index contributed by atoms with van der Waals surface area (Å²) in [5.74, 6) is 0.466. The van der Waals surface area contributed by atoms with Crippen molar-refractivity contribution in [1.29, 1.82) is 0 Å². The first-order valence-corrected chi connectivity index (χ1v) is 11.4. The average molecular weight is 440 g/mol. The van der Waals surface area contributed by atoms with Gasteiger partial charge in [0.15, 0.2) is 0 Å². The van der Waals surface area contributed by atoms with Crippen molar-refractivity contribution in [1.82, 2.24) is 20.2 Å². The van der Waals surface area contributed by atoms with E-state index >= 15 is 0 Å². The number of amides is 2. The largest absolute Gasteiger partial charge is 0.347 e. The number of carbonyl (C=O) groups excluding carboxylic acids is 2. The highest BCUT2D eigenvalue weighted by atomic mass is 16.2. The molecular weight excluding hydrogens is 414 g/mol. The van der Waals surface area contributed by atoms with Gasteiger partial charge < -0.3 is 10.6 Å². The van der Waals surface area contributed by atoms with Crippen molar-refractivity contribution in [2.24, 2.45) is 0 Å². The van der Waals surface area contributed by atoms with E-state index in [0.29, 0.717) is 24.4 Å². The highest BCUT2D eigenvalue weighted by Gasteiger charge is 2.51. The van der Waals surface area contributed by atoms with Crippen LogP contribution in [0.4, 0.5) is 5.82 Å². The molecule has 2 N–H and O–H groups in total. The van der Waals surface area contributed by atoms with Crippen LogP contribution < -0.4 is 10.6 Å². The fourth-order valence-corrected chi connectivity index (χ4v) is 5.47. The lowest BCUT2D eigenvalue weighted by Gasteiger charge is -2.20. The van der Waals surface area contributed by atoms with E-state index < -0.39 is 5.41 Å². The van der Waals surface area contributed by atoms with E-state index in [2.05, 4.69) is 49.8 Å². The number of anilines is 1. The van der Waals surface area contributed by atoms with Gasteiger partial charge >= 0.3 is 0 Å². The molecule has 7 heteroatoms. The Kier molecular flexibility index (Phi) is 4.73. The first kappa shape index (κ1) is 20.1. The Morgan fingerprint density at radius 2 is 1.97 bits per heavy atom. The van der Waals surface area contributed by atoms with Crippen LogP contribution in [-0.4, -0.2) is 45.8 Å². The first-order chi connectivity index (χ1) is 16.1. The Morgan fingerprint density at radius 1 is 1.12 bits per heavy atom. The standard InChI is InChI=1S/C26H25N5O2/c32-24(29-20-8-10-31(16-20)15-17-5-2-1-3-6-17)22-11-18-12-26(13-19(18)14-28-22)21-7-4-9-27-23(21)30-25(26)33/h1-7,9,11,14,20H,8,10,12-13,15-16H2,(H,29,32)(H,27,30,33)/t20-,26?/m0/s1. The molecule has 1 spiro atoms. The van der Waals surface area contributed by atoms with Crippen molar-refractivity contribution in [2.45, 2.75) is 37.3 Å². The summed E-state index contributed by atoms with van der Waals surface area (Å²) in [4.78, 5) is 37.0. The molecule has 166 valence electrons. The van der Waals surface area contributed by atoms with Gasteiger partial charge in [0, 0.05) is 43.6 Å². The maximum atomic E-state index is 13.0. The predicted molar refractivity (Wildman–Crippen MR) is 124 cm³/mol. The second-order valence-electron chi connectivity index (χ2n) is 9.31. The van der Waals surface area contributed by atoms with Crippen LogP contribution in [0.15, 0.2) is 60.9 Å². The van der Waals surface area contributed by atoms with Crippen LogP contribution in [0.25, 0.3) is 0 Å². The Morgan fingerprint density at radius 3 is 2.85 bits per heavy atom. The van der Waals surface area contributed by atoms with Crippen LogP contribution in [0.1, 0.15) is 39.2 Å². The summed E-state index contributed by atoms with van der Waals surface area (Å²) < 4.78 is 0. The molecule has 4 heterocycles. The molecule has 1 unspecified atom stereocenters. The highest BCUT2D eigenvalue weighted by molar-refractivity contribution is 6.06. The maximum absolute atomic E-state index is 13.0. The molecule has 2 aliphatic heterocycles. The van der Waals surface area contributed by atoms with Gasteiger partial charge in [-0.3, -0.25) is 19.5 Å². The van der Waals surface area contributed by atoms with Crippen molar-refractivity contribution in [3.63, 3.8) is 0 Å². The summed E-state index contributed by atoms with van der Waals surface area (Å²) >= 11 is 0. The summed E-state index contributed by atoms with van der Waals surface area (Å²) in [6.45, 7) is 2.69. The van der Waals surface area contributed by atoms with E-state index in [9.17, 15) is 9.59 Å². The smallest absolute Gasteiger partial charge is 0.270 e. The van der Waals surface area contributed by atoms with Crippen molar-refractivity contribution in [3.8, 4) is 0 Å². The molecule has 1 aliphatic carbocycles. The quantitative estimate of drug-likeness (QED) is 0.652. The van der Waals surface area contributed by atoms with Crippen LogP contribution in [-0.2, 0) is 29.6 Å². The number of hydrogen-bond acceptors (Lipinski definition) is 5. The Labute approximate surface area is 192 Å². The number of rotatable bonds is 4.